The highest BCUT2D eigenvalue weighted by molar-refractivity contribution is 6.34. The van der Waals surface area contributed by atoms with E-state index in [0.29, 0.717) is 27.8 Å². The van der Waals surface area contributed by atoms with Gasteiger partial charge in [0.1, 0.15) is 0 Å². The Labute approximate surface area is 202 Å². The molecule has 6 nitrogen and oxygen atoms in total. The number of aromatic nitrogens is 2. The molecule has 170 valence electrons. The minimum absolute atomic E-state index is 0.0275. The van der Waals surface area contributed by atoms with Gasteiger partial charge in [-0.25, -0.2) is 4.52 Å². The maximum Gasteiger partial charge on any atom is 0.275 e. The molecule has 2 fully saturated rings. The maximum atomic E-state index is 13.8. The van der Waals surface area contributed by atoms with E-state index < -0.39 is 0 Å². The Hall–Kier alpha value is -2.83. The molecule has 8 heteroatoms. The standard InChI is InChI=1S/C25H24Cl2N4O2/c1-3-21(32)29-14-25(15-29)9-11-30(16(2)13-25)24(33)23-22(18-6-4-5-7-19(18)27)20-12-17(26)8-10-31(20)28-23/h3-8,10,12,16H,1,9,11,13-15H2,2H3/t16-/m0/s1. The van der Waals surface area contributed by atoms with E-state index in [2.05, 4.69) is 18.6 Å². The molecule has 1 atom stereocenters. The summed E-state index contributed by atoms with van der Waals surface area (Å²) < 4.78 is 1.68. The van der Waals surface area contributed by atoms with Gasteiger partial charge in [0, 0.05) is 58.5 Å². The Morgan fingerprint density at radius 2 is 1.97 bits per heavy atom. The zero-order valence-corrected chi connectivity index (χ0v) is 19.8. The fraction of sp³-hybridized carbons (Fsp3) is 0.320. The number of halogens is 2. The van der Waals surface area contributed by atoms with Gasteiger partial charge in [-0.3, -0.25) is 9.59 Å². The third-order valence-corrected chi connectivity index (χ3v) is 7.45. The molecule has 1 spiro atoms. The van der Waals surface area contributed by atoms with E-state index >= 15 is 0 Å². The molecular formula is C25H24Cl2N4O2. The Bertz CT molecular complexity index is 1280. The molecule has 5 rings (SSSR count). The summed E-state index contributed by atoms with van der Waals surface area (Å²) in [6.45, 7) is 7.71. The van der Waals surface area contributed by atoms with Crippen LogP contribution in [-0.4, -0.2) is 56.9 Å². The normalized spacial score (nSPS) is 19.5. The molecule has 0 radical (unpaired) electrons. The summed E-state index contributed by atoms with van der Waals surface area (Å²) in [6, 6.07) is 11.0. The number of carbonyl (C=O) groups is 2. The number of hydrogen-bond acceptors (Lipinski definition) is 3. The Morgan fingerprint density at radius 1 is 1.21 bits per heavy atom. The van der Waals surface area contributed by atoms with E-state index in [-0.39, 0.29) is 23.3 Å². The summed E-state index contributed by atoms with van der Waals surface area (Å²) in [6.07, 6.45) is 4.81. The van der Waals surface area contributed by atoms with Crippen LogP contribution in [0.4, 0.5) is 0 Å². The quantitative estimate of drug-likeness (QED) is 0.496. The molecular weight excluding hydrogens is 459 g/mol. The molecule has 0 bridgehead atoms. The van der Waals surface area contributed by atoms with Crippen molar-refractivity contribution < 1.29 is 9.59 Å². The number of benzene rings is 1. The number of amides is 2. The molecule has 0 unspecified atom stereocenters. The Kier molecular flexibility index (Phi) is 5.46. The number of likely N-dealkylation sites (tertiary alicyclic amines) is 2. The minimum Gasteiger partial charge on any atom is -0.338 e. The molecule has 3 aromatic rings. The van der Waals surface area contributed by atoms with Gasteiger partial charge in [0.25, 0.3) is 5.91 Å². The zero-order chi connectivity index (χ0) is 23.3. The van der Waals surface area contributed by atoms with Crippen LogP contribution in [0.3, 0.4) is 0 Å². The van der Waals surface area contributed by atoms with Crippen LogP contribution in [0.1, 0.15) is 30.3 Å². The molecule has 0 saturated carbocycles. The van der Waals surface area contributed by atoms with Crippen LogP contribution >= 0.6 is 23.2 Å². The predicted octanol–water partition coefficient (Wildman–Crippen LogP) is 4.95. The highest BCUT2D eigenvalue weighted by atomic mass is 35.5. The largest absolute Gasteiger partial charge is 0.338 e. The lowest BCUT2D eigenvalue weighted by atomic mass is 9.69. The van der Waals surface area contributed by atoms with E-state index in [1.165, 1.54) is 6.08 Å². The van der Waals surface area contributed by atoms with Crippen molar-refractivity contribution in [3.8, 4) is 11.1 Å². The Morgan fingerprint density at radius 3 is 2.67 bits per heavy atom. The number of hydrogen-bond donors (Lipinski definition) is 0. The summed E-state index contributed by atoms with van der Waals surface area (Å²) >= 11 is 12.8. The van der Waals surface area contributed by atoms with Crippen molar-refractivity contribution in [1.82, 2.24) is 19.4 Å². The molecule has 2 aliphatic rings. The number of nitrogens with zero attached hydrogens (tertiary/aromatic N) is 4. The van der Waals surface area contributed by atoms with E-state index in [0.717, 1.165) is 37.0 Å². The topological polar surface area (TPSA) is 57.9 Å². The maximum absolute atomic E-state index is 13.8. The second kappa shape index (κ2) is 8.19. The van der Waals surface area contributed by atoms with E-state index in [1.807, 2.05) is 28.0 Å². The second-order valence-electron chi connectivity index (χ2n) is 9.08. The minimum atomic E-state index is -0.120. The number of pyridine rings is 1. The van der Waals surface area contributed by atoms with Crippen LogP contribution in [0.5, 0.6) is 0 Å². The third kappa shape index (κ3) is 3.71. The third-order valence-electron chi connectivity index (χ3n) is 6.89. The zero-order valence-electron chi connectivity index (χ0n) is 18.3. The molecule has 33 heavy (non-hydrogen) atoms. The molecule has 2 aliphatic heterocycles. The summed E-state index contributed by atoms with van der Waals surface area (Å²) in [7, 11) is 0. The van der Waals surface area contributed by atoms with Crippen molar-refractivity contribution in [1.29, 1.82) is 0 Å². The number of rotatable bonds is 3. The molecule has 2 aromatic heterocycles. The predicted molar refractivity (Wildman–Crippen MR) is 130 cm³/mol. The highest BCUT2D eigenvalue weighted by Gasteiger charge is 2.49. The molecule has 4 heterocycles. The van der Waals surface area contributed by atoms with Crippen molar-refractivity contribution in [2.24, 2.45) is 5.41 Å². The first kappa shape index (κ1) is 22.0. The molecule has 2 saturated heterocycles. The molecule has 1 aromatic carbocycles. The van der Waals surface area contributed by atoms with Crippen LogP contribution in [0.15, 0.2) is 55.3 Å². The first-order valence-electron chi connectivity index (χ1n) is 11.0. The fourth-order valence-corrected chi connectivity index (χ4v) is 5.68. The summed E-state index contributed by atoms with van der Waals surface area (Å²) in [4.78, 5) is 29.4. The molecule has 0 aliphatic carbocycles. The van der Waals surface area contributed by atoms with Crippen LogP contribution < -0.4 is 0 Å². The van der Waals surface area contributed by atoms with Gasteiger partial charge in [0.15, 0.2) is 5.69 Å². The molecule has 2 amide bonds. The van der Waals surface area contributed by atoms with E-state index in [1.54, 1.807) is 28.9 Å². The number of fused-ring (bicyclic) bond motifs is 1. The van der Waals surface area contributed by atoms with E-state index in [4.69, 9.17) is 23.2 Å². The van der Waals surface area contributed by atoms with Gasteiger partial charge in [-0.2, -0.15) is 5.10 Å². The average molecular weight is 483 g/mol. The van der Waals surface area contributed by atoms with E-state index in [9.17, 15) is 9.59 Å². The summed E-state index contributed by atoms with van der Waals surface area (Å²) in [5.41, 5.74) is 2.61. The number of carbonyl (C=O) groups excluding carboxylic acids is 2. The monoisotopic (exact) mass is 482 g/mol. The van der Waals surface area contributed by atoms with Gasteiger partial charge in [0.2, 0.25) is 5.91 Å². The second-order valence-corrected chi connectivity index (χ2v) is 9.92. The summed E-state index contributed by atoms with van der Waals surface area (Å²) in [5, 5.41) is 5.75. The highest BCUT2D eigenvalue weighted by Crippen LogP contribution is 2.44. The van der Waals surface area contributed by atoms with Gasteiger partial charge in [-0.1, -0.05) is 48.0 Å². The van der Waals surface area contributed by atoms with Crippen molar-refractivity contribution >= 4 is 40.5 Å². The van der Waals surface area contributed by atoms with Crippen LogP contribution in [0.2, 0.25) is 10.0 Å². The summed E-state index contributed by atoms with van der Waals surface area (Å²) in [5.74, 6) is -0.148. The van der Waals surface area contributed by atoms with Crippen molar-refractivity contribution in [2.45, 2.75) is 25.8 Å². The SMILES string of the molecule is C=CC(=O)N1CC2(CCN(C(=O)c3nn4ccc(Cl)cc4c3-c3ccccc3Cl)[C@@H](C)C2)C1. The average Bonchev–Trinajstić information content (AvgIpc) is 3.15. The van der Waals surface area contributed by atoms with Crippen molar-refractivity contribution in [3.63, 3.8) is 0 Å². The lowest BCUT2D eigenvalue weighted by molar-refractivity contribution is -0.142. The smallest absolute Gasteiger partial charge is 0.275 e. The van der Waals surface area contributed by atoms with Gasteiger partial charge >= 0.3 is 0 Å². The first-order valence-corrected chi connectivity index (χ1v) is 11.7. The first-order chi connectivity index (χ1) is 15.8. The van der Waals surface area contributed by atoms with Crippen LogP contribution in [-0.2, 0) is 4.79 Å². The Balaban J connectivity index is 1.47. The van der Waals surface area contributed by atoms with Gasteiger partial charge in [-0.05, 0) is 44.0 Å². The van der Waals surface area contributed by atoms with Crippen LogP contribution in [0, 0.1) is 5.41 Å². The van der Waals surface area contributed by atoms with Gasteiger partial charge < -0.3 is 9.80 Å². The fourth-order valence-electron chi connectivity index (χ4n) is 5.29. The van der Waals surface area contributed by atoms with Gasteiger partial charge in [0.05, 0.1) is 5.52 Å². The van der Waals surface area contributed by atoms with Crippen molar-refractivity contribution in [3.05, 3.63) is 71.0 Å². The van der Waals surface area contributed by atoms with Crippen LogP contribution in [0.25, 0.3) is 16.6 Å². The van der Waals surface area contributed by atoms with Gasteiger partial charge in [-0.15, -0.1) is 0 Å². The van der Waals surface area contributed by atoms with Crippen molar-refractivity contribution in [2.75, 3.05) is 19.6 Å². The number of piperidine rings is 1. The lowest BCUT2D eigenvalue weighted by Gasteiger charge is -2.55. The lowest BCUT2D eigenvalue weighted by Crippen LogP contribution is -2.63. The molecule has 0 N–H and O–H groups in total.